The van der Waals surface area contributed by atoms with Crippen LogP contribution >= 0.6 is 0 Å². The lowest BCUT2D eigenvalue weighted by atomic mass is 10.3. The normalized spacial score (nSPS) is 13.4. The third-order valence-electron chi connectivity index (χ3n) is 3.68. The topological polar surface area (TPSA) is 87.7 Å². The molecule has 0 spiro atoms. The van der Waals surface area contributed by atoms with Crippen molar-refractivity contribution in [2.24, 2.45) is 0 Å². The zero-order chi connectivity index (χ0) is 17.2. The molecule has 1 aromatic rings. The number of ether oxygens (including phenoxy) is 1. The van der Waals surface area contributed by atoms with Crippen LogP contribution in [0.4, 0.5) is 0 Å². The first-order chi connectivity index (χ1) is 11.6. The molecular formula is C17H23N3O4. The molecule has 1 heterocycles. The molecule has 1 saturated heterocycles. The predicted octanol–water partition coefficient (Wildman–Crippen LogP) is 0.310. The molecule has 0 radical (unpaired) electrons. The summed E-state index contributed by atoms with van der Waals surface area (Å²) in [6, 6.07) is 8.97. The second-order valence-electron chi connectivity index (χ2n) is 5.57. The first-order valence-corrected chi connectivity index (χ1v) is 8.14. The van der Waals surface area contributed by atoms with E-state index in [1.807, 2.05) is 23.1 Å². The van der Waals surface area contributed by atoms with Gasteiger partial charge in [-0.15, -0.1) is 0 Å². The van der Waals surface area contributed by atoms with E-state index in [0.717, 1.165) is 25.9 Å². The lowest BCUT2D eigenvalue weighted by molar-refractivity contribution is -0.130. The summed E-state index contributed by atoms with van der Waals surface area (Å²) < 4.78 is 5.28. The summed E-state index contributed by atoms with van der Waals surface area (Å²) in [6.45, 7) is 1.62. The van der Waals surface area contributed by atoms with Crippen molar-refractivity contribution in [3.63, 3.8) is 0 Å². The summed E-state index contributed by atoms with van der Waals surface area (Å²) >= 11 is 0. The number of carbonyl (C=O) groups is 3. The molecule has 0 bridgehead atoms. The second-order valence-corrected chi connectivity index (χ2v) is 5.57. The lowest BCUT2D eigenvalue weighted by Crippen LogP contribution is -2.40. The summed E-state index contributed by atoms with van der Waals surface area (Å²) in [6.07, 6.45) is 2.39. The number of hydrogen-bond donors (Lipinski definition) is 2. The van der Waals surface area contributed by atoms with Gasteiger partial charge in [0.1, 0.15) is 5.75 Å². The minimum atomic E-state index is -0.373. The monoisotopic (exact) mass is 333 g/mol. The summed E-state index contributed by atoms with van der Waals surface area (Å²) in [5.41, 5.74) is 0. The number of benzene rings is 1. The van der Waals surface area contributed by atoms with Gasteiger partial charge in [-0.2, -0.15) is 0 Å². The first-order valence-electron chi connectivity index (χ1n) is 8.14. The second kappa shape index (κ2) is 9.54. The number of likely N-dealkylation sites (tertiary alicyclic amines) is 1. The van der Waals surface area contributed by atoms with E-state index in [1.165, 1.54) is 0 Å². The number of hydrogen-bond acceptors (Lipinski definition) is 4. The lowest BCUT2D eigenvalue weighted by Gasteiger charge is -2.15. The Morgan fingerprint density at radius 2 is 1.71 bits per heavy atom. The van der Waals surface area contributed by atoms with Gasteiger partial charge in [0.25, 0.3) is 5.91 Å². The summed E-state index contributed by atoms with van der Waals surface area (Å²) in [5.74, 6) is -0.0370. The molecule has 1 aliphatic rings. The van der Waals surface area contributed by atoms with Crippen molar-refractivity contribution < 1.29 is 19.1 Å². The van der Waals surface area contributed by atoms with Crippen LogP contribution in [0.3, 0.4) is 0 Å². The van der Waals surface area contributed by atoms with Gasteiger partial charge in [-0.25, -0.2) is 0 Å². The fraction of sp³-hybridized carbons (Fsp3) is 0.471. The highest BCUT2D eigenvalue weighted by atomic mass is 16.5. The standard InChI is InChI=1S/C17H23N3O4/c21-15(18-9-8-17(23)20-10-4-5-11-20)12-19-16(22)13-24-14-6-2-1-3-7-14/h1-3,6-7H,4-5,8-13H2,(H,18,21)(H,19,22). The molecule has 1 fully saturated rings. The highest BCUT2D eigenvalue weighted by molar-refractivity contribution is 5.85. The van der Waals surface area contributed by atoms with Crippen LogP contribution in [0.2, 0.25) is 0 Å². The number of nitrogens with zero attached hydrogens (tertiary/aromatic N) is 1. The molecule has 0 atom stereocenters. The van der Waals surface area contributed by atoms with Crippen molar-refractivity contribution >= 4 is 17.7 Å². The molecular weight excluding hydrogens is 310 g/mol. The summed E-state index contributed by atoms with van der Waals surface area (Å²) in [7, 11) is 0. The van der Waals surface area contributed by atoms with Crippen LogP contribution in [-0.2, 0) is 14.4 Å². The van der Waals surface area contributed by atoms with Gasteiger partial charge in [0.05, 0.1) is 6.54 Å². The van der Waals surface area contributed by atoms with Gasteiger partial charge < -0.3 is 20.3 Å². The third kappa shape index (κ3) is 6.28. The molecule has 130 valence electrons. The van der Waals surface area contributed by atoms with Crippen LogP contribution in [0.1, 0.15) is 19.3 Å². The number of rotatable bonds is 8. The van der Waals surface area contributed by atoms with E-state index < -0.39 is 0 Å². The number of para-hydroxylation sites is 1. The largest absolute Gasteiger partial charge is 0.484 e. The maximum atomic E-state index is 11.8. The van der Waals surface area contributed by atoms with Crippen molar-refractivity contribution in [2.75, 3.05) is 32.8 Å². The van der Waals surface area contributed by atoms with Gasteiger partial charge in [0.15, 0.2) is 6.61 Å². The van der Waals surface area contributed by atoms with Crippen molar-refractivity contribution in [1.82, 2.24) is 15.5 Å². The van der Waals surface area contributed by atoms with E-state index in [1.54, 1.807) is 12.1 Å². The molecule has 2 rings (SSSR count). The molecule has 1 aliphatic heterocycles. The Kier molecular flexibility index (Phi) is 7.07. The van der Waals surface area contributed by atoms with E-state index >= 15 is 0 Å². The molecule has 1 aromatic carbocycles. The molecule has 0 aliphatic carbocycles. The van der Waals surface area contributed by atoms with Crippen molar-refractivity contribution in [3.8, 4) is 5.75 Å². The van der Waals surface area contributed by atoms with E-state index in [-0.39, 0.29) is 43.8 Å². The van der Waals surface area contributed by atoms with Crippen LogP contribution in [0.25, 0.3) is 0 Å². The molecule has 0 saturated carbocycles. The highest BCUT2D eigenvalue weighted by Crippen LogP contribution is 2.08. The Morgan fingerprint density at radius 3 is 2.42 bits per heavy atom. The minimum absolute atomic E-state index is 0.0631. The molecule has 0 unspecified atom stereocenters. The first kappa shape index (κ1) is 17.8. The molecule has 24 heavy (non-hydrogen) atoms. The molecule has 2 N–H and O–H groups in total. The Labute approximate surface area is 141 Å². The van der Waals surface area contributed by atoms with Gasteiger partial charge in [0, 0.05) is 26.1 Å². The average Bonchev–Trinajstić information content (AvgIpc) is 3.13. The zero-order valence-electron chi connectivity index (χ0n) is 13.6. The molecule has 3 amide bonds. The van der Waals surface area contributed by atoms with E-state index in [2.05, 4.69) is 10.6 Å². The van der Waals surface area contributed by atoms with Crippen LogP contribution < -0.4 is 15.4 Å². The summed E-state index contributed by atoms with van der Waals surface area (Å²) in [4.78, 5) is 36.8. The Bertz CT molecular complexity index is 556. The maximum absolute atomic E-state index is 11.8. The van der Waals surface area contributed by atoms with Crippen LogP contribution in [0.5, 0.6) is 5.75 Å². The van der Waals surface area contributed by atoms with Gasteiger partial charge in [-0.1, -0.05) is 18.2 Å². The highest BCUT2D eigenvalue weighted by Gasteiger charge is 2.17. The van der Waals surface area contributed by atoms with Gasteiger partial charge in [-0.05, 0) is 25.0 Å². The fourth-order valence-electron chi connectivity index (χ4n) is 2.39. The average molecular weight is 333 g/mol. The van der Waals surface area contributed by atoms with Gasteiger partial charge in [0.2, 0.25) is 11.8 Å². The zero-order valence-corrected chi connectivity index (χ0v) is 13.6. The van der Waals surface area contributed by atoms with E-state index in [4.69, 9.17) is 4.74 Å². The smallest absolute Gasteiger partial charge is 0.258 e. The number of nitrogens with one attached hydrogen (secondary N) is 2. The summed E-state index contributed by atoms with van der Waals surface area (Å²) in [5, 5.41) is 5.10. The van der Waals surface area contributed by atoms with Crippen LogP contribution in [-0.4, -0.2) is 55.4 Å². The minimum Gasteiger partial charge on any atom is -0.484 e. The van der Waals surface area contributed by atoms with Gasteiger partial charge >= 0.3 is 0 Å². The fourth-order valence-corrected chi connectivity index (χ4v) is 2.39. The molecule has 7 heteroatoms. The van der Waals surface area contributed by atoms with E-state index in [0.29, 0.717) is 5.75 Å². The quantitative estimate of drug-likeness (QED) is 0.717. The molecule has 7 nitrogen and oxygen atoms in total. The predicted molar refractivity (Wildman–Crippen MR) is 88.4 cm³/mol. The number of carbonyl (C=O) groups excluding carboxylic acids is 3. The Morgan fingerprint density at radius 1 is 1.00 bits per heavy atom. The van der Waals surface area contributed by atoms with E-state index in [9.17, 15) is 14.4 Å². The number of amides is 3. The van der Waals surface area contributed by atoms with Crippen LogP contribution in [0.15, 0.2) is 30.3 Å². The molecule has 0 aromatic heterocycles. The third-order valence-corrected chi connectivity index (χ3v) is 3.68. The van der Waals surface area contributed by atoms with Crippen molar-refractivity contribution in [1.29, 1.82) is 0 Å². The van der Waals surface area contributed by atoms with Crippen LogP contribution in [0, 0.1) is 0 Å². The SMILES string of the molecule is O=C(CNC(=O)COc1ccccc1)NCCC(=O)N1CCCC1. The van der Waals surface area contributed by atoms with Crippen molar-refractivity contribution in [3.05, 3.63) is 30.3 Å². The maximum Gasteiger partial charge on any atom is 0.258 e. The van der Waals surface area contributed by atoms with Crippen molar-refractivity contribution in [2.45, 2.75) is 19.3 Å². The Hall–Kier alpha value is -2.57. The Balaban J connectivity index is 1.54. The van der Waals surface area contributed by atoms with Gasteiger partial charge in [-0.3, -0.25) is 14.4 Å².